The van der Waals surface area contributed by atoms with E-state index in [1.165, 1.54) is 49.7 Å². The fraction of sp³-hybridized carbons (Fsp3) is 0.483. The van der Waals surface area contributed by atoms with Crippen molar-refractivity contribution in [3.8, 4) is 62.0 Å². The van der Waals surface area contributed by atoms with Gasteiger partial charge in [-0.05, 0) is 179 Å². The van der Waals surface area contributed by atoms with Crippen molar-refractivity contribution in [2.45, 2.75) is 140 Å². The maximum atomic E-state index is 15.2. The van der Waals surface area contributed by atoms with Crippen LogP contribution in [0, 0.1) is 50.4 Å². The Morgan fingerprint density at radius 3 is 1.08 bits per heavy atom. The minimum atomic E-state index is -0.125. The summed E-state index contributed by atoms with van der Waals surface area (Å²) in [4.78, 5) is 5.47. The van der Waals surface area contributed by atoms with E-state index in [9.17, 15) is 0 Å². The monoisotopic (exact) mass is 1030 g/mol. The second-order valence-corrected chi connectivity index (χ2v) is 23.6. The van der Waals surface area contributed by atoms with Crippen LogP contribution in [-0.2, 0) is 47.5 Å². The normalized spacial score (nSPS) is 28.3. The molecule has 8 aliphatic carbocycles. The van der Waals surface area contributed by atoms with Gasteiger partial charge >= 0.3 is 25.8 Å². The predicted octanol–water partition coefficient (Wildman–Crippen LogP) is 14.3. The summed E-state index contributed by atoms with van der Waals surface area (Å²) in [5.41, 5.74) is 11.0. The second kappa shape index (κ2) is 17.1. The molecule has 0 N–H and O–H groups in total. The summed E-state index contributed by atoms with van der Waals surface area (Å²) in [6.45, 7) is 13.6. The molecule has 8 saturated carbocycles. The molecule has 13 rings (SSSR count). The van der Waals surface area contributed by atoms with Gasteiger partial charge in [-0.15, -0.1) is 0 Å². The van der Waals surface area contributed by atoms with Crippen LogP contribution in [0.25, 0.3) is 44.8 Å². The summed E-state index contributed by atoms with van der Waals surface area (Å²) in [5.74, 6) is 5.54. The number of benzene rings is 4. The maximum absolute atomic E-state index is 15.2. The van der Waals surface area contributed by atoms with Crippen molar-refractivity contribution in [2.75, 3.05) is 7.11 Å². The molecule has 0 atom stereocenters. The van der Waals surface area contributed by atoms with E-state index in [0.717, 1.165) is 130 Å². The van der Waals surface area contributed by atoms with Crippen molar-refractivity contribution in [3.63, 3.8) is 0 Å². The fourth-order valence-corrected chi connectivity index (χ4v) is 15.0. The first-order valence-electron chi connectivity index (χ1n) is 24.1. The summed E-state index contributed by atoms with van der Waals surface area (Å²) in [5, 5.41) is 30.5. The molecule has 5 heteroatoms. The van der Waals surface area contributed by atoms with E-state index in [4.69, 9.17) is 9.72 Å². The molecule has 8 fully saturated rings. The van der Waals surface area contributed by atoms with Crippen LogP contribution in [0.2, 0.25) is 0 Å². The molecule has 0 amide bonds. The number of methoxy groups -OCH3 is 1. The van der Waals surface area contributed by atoms with Crippen LogP contribution >= 0.6 is 0 Å². The van der Waals surface area contributed by atoms with Gasteiger partial charge in [0.2, 0.25) is 0 Å². The summed E-state index contributed by atoms with van der Waals surface area (Å²) in [6, 6.07) is 29.7. The molecule has 0 spiro atoms. The zero-order valence-electron chi connectivity index (χ0n) is 40.7. The Bertz CT molecular complexity index is 2350. The predicted molar refractivity (Wildman–Crippen MR) is 261 cm³/mol. The largest absolute Gasteiger partial charge is 4.00 e. The van der Waals surface area contributed by atoms with Gasteiger partial charge in [0, 0.05) is 23.3 Å². The molecule has 8 bridgehead atoms. The molecule has 338 valence electrons. The summed E-state index contributed by atoms with van der Waals surface area (Å²) in [7, 11) is 1.71. The number of pyridine rings is 1. The maximum Gasteiger partial charge on any atom is 4.00 e. The van der Waals surface area contributed by atoms with Crippen molar-refractivity contribution in [1.29, 1.82) is 0 Å². The van der Waals surface area contributed by atoms with Gasteiger partial charge in [-0.2, -0.15) is 0 Å². The van der Waals surface area contributed by atoms with Crippen LogP contribution < -0.4 is 14.9 Å². The zero-order chi connectivity index (χ0) is 42.9. The van der Waals surface area contributed by atoms with Gasteiger partial charge in [-0.1, -0.05) is 126 Å². The third-order valence-corrected chi connectivity index (χ3v) is 17.2. The van der Waals surface area contributed by atoms with Crippen molar-refractivity contribution >= 4 is 0 Å². The van der Waals surface area contributed by atoms with E-state index in [1.54, 1.807) is 7.11 Å². The van der Waals surface area contributed by atoms with Crippen molar-refractivity contribution in [1.82, 2.24) is 4.98 Å². The van der Waals surface area contributed by atoms with Gasteiger partial charge in [0.15, 0.2) is 0 Å². The van der Waals surface area contributed by atoms with Crippen molar-refractivity contribution < 1.29 is 40.8 Å². The number of ether oxygens (including phenoxy) is 1. The van der Waals surface area contributed by atoms with E-state index >= 15 is 10.2 Å². The van der Waals surface area contributed by atoms with E-state index in [-0.39, 0.29) is 73.9 Å². The molecule has 0 saturated heterocycles. The first-order valence-corrected chi connectivity index (χ1v) is 24.1. The average Bonchev–Trinajstić information content (AvgIpc) is 3.22. The van der Waals surface area contributed by atoms with Crippen LogP contribution in [0.4, 0.5) is 0 Å². The molecule has 0 radical (unpaired) electrons. The molecule has 8 aliphatic rings. The number of hydrogen-bond donors (Lipinski definition) is 0. The third kappa shape index (κ3) is 8.18. The molecular weight excluding hydrogens is 961 g/mol. The minimum absolute atomic E-state index is 0. The Morgan fingerprint density at radius 1 is 0.477 bits per heavy atom. The van der Waals surface area contributed by atoms with E-state index in [0.29, 0.717) is 5.75 Å². The van der Waals surface area contributed by atoms with E-state index in [1.807, 2.05) is 12.1 Å². The molecule has 4 nitrogen and oxygen atoms in total. The summed E-state index contributed by atoms with van der Waals surface area (Å²) < 4.78 is 6.05. The molecular formula is C60H71HfNO3. The summed E-state index contributed by atoms with van der Waals surface area (Å²) >= 11 is 0. The average molecular weight is 1030 g/mol. The van der Waals surface area contributed by atoms with Crippen molar-refractivity contribution in [3.05, 3.63) is 122 Å². The Labute approximate surface area is 410 Å². The molecule has 4 aromatic carbocycles. The smallest absolute Gasteiger partial charge is 0.872 e. The topological polar surface area (TPSA) is 68.2 Å². The Morgan fingerprint density at radius 2 is 0.785 bits per heavy atom. The second-order valence-electron chi connectivity index (χ2n) is 23.6. The number of hydrogen-bond acceptors (Lipinski definition) is 4. The minimum Gasteiger partial charge on any atom is -0.872 e. The molecule has 5 aromatic rings. The Hall–Kier alpha value is -3.70. The van der Waals surface area contributed by atoms with Gasteiger partial charge in [-0.3, -0.25) is 0 Å². The number of rotatable bonds is 7. The van der Waals surface area contributed by atoms with Crippen LogP contribution in [0.15, 0.2) is 84.9 Å². The summed E-state index contributed by atoms with van der Waals surface area (Å²) in [6.07, 6.45) is 15.0. The first kappa shape index (κ1) is 47.8. The van der Waals surface area contributed by atoms with Gasteiger partial charge in [-0.25, -0.2) is 4.98 Å². The SMILES string of the molecule is COc1cc(-c2ccccc2-c2cc(C(C)(C)C)cc(C34CC5CC(CC(C5)C3)C4)c2[O-])nc(-c2ccccc2-c2cc(C(C)(C)C)cc(C34CC5CC(CC(C5)C3)C4)c2[O-])c1.[CH3-].[CH3-].[Hf+4]. The third-order valence-electron chi connectivity index (χ3n) is 17.2. The molecule has 0 unspecified atom stereocenters. The standard InChI is InChI=1S/C58H67NO3.2CH3.Hf/c1-55(2,3)40-22-47(53(60)49(24-40)57-28-34-16-35(29-57)18-36(17-34)30-57)43-12-8-10-14-45(43)51-26-42(62-7)27-52(59-51)46-15-11-9-13-44(46)48-23-41(56(4,5)6)25-50(54(48)61)58-31-37-19-38(32-58)21-39(20-37)33-58;;;/h8-15,22-27,34-39,60-61H,16-21,28-33H2,1-7H3;2*1H3;/q;2*-1;+4/p-2. The van der Waals surface area contributed by atoms with Crippen LogP contribution in [-0.4, -0.2) is 12.1 Å². The molecule has 1 heterocycles. The van der Waals surface area contributed by atoms with Gasteiger partial charge in [0.1, 0.15) is 5.75 Å². The first-order chi connectivity index (χ1) is 29.6. The van der Waals surface area contributed by atoms with Gasteiger partial charge in [0.25, 0.3) is 0 Å². The van der Waals surface area contributed by atoms with Crippen LogP contribution in [0.3, 0.4) is 0 Å². The number of aromatic nitrogens is 1. The molecule has 65 heavy (non-hydrogen) atoms. The van der Waals surface area contributed by atoms with E-state index in [2.05, 4.69) is 114 Å². The Kier molecular flexibility index (Phi) is 12.6. The van der Waals surface area contributed by atoms with Gasteiger partial charge < -0.3 is 29.8 Å². The van der Waals surface area contributed by atoms with Gasteiger partial charge in [0.05, 0.1) is 18.5 Å². The number of nitrogens with zero attached hydrogens (tertiary/aromatic N) is 1. The van der Waals surface area contributed by atoms with Crippen LogP contribution in [0.1, 0.15) is 141 Å². The molecule has 0 aliphatic heterocycles. The quantitative estimate of drug-likeness (QED) is 0.120. The van der Waals surface area contributed by atoms with Crippen LogP contribution in [0.5, 0.6) is 17.2 Å². The zero-order valence-corrected chi connectivity index (χ0v) is 44.3. The Balaban J connectivity index is 0.00000192. The van der Waals surface area contributed by atoms with E-state index < -0.39 is 0 Å². The fourth-order valence-electron chi connectivity index (χ4n) is 15.0. The van der Waals surface area contributed by atoms with Crippen molar-refractivity contribution in [2.24, 2.45) is 35.5 Å². The molecule has 1 aromatic heterocycles.